The van der Waals surface area contributed by atoms with Crippen LogP contribution < -0.4 is 4.90 Å². The second-order valence-corrected chi connectivity index (χ2v) is 18.3. The van der Waals surface area contributed by atoms with Gasteiger partial charge in [0.15, 0.2) is 0 Å². The van der Waals surface area contributed by atoms with Crippen molar-refractivity contribution in [3.63, 3.8) is 0 Å². The van der Waals surface area contributed by atoms with Crippen LogP contribution in [0.4, 0.5) is 17.1 Å². The molecule has 3 heterocycles. The Bertz CT molecular complexity index is 4210. The fourth-order valence-electron chi connectivity index (χ4n) is 10.6. The van der Waals surface area contributed by atoms with E-state index in [2.05, 4.69) is 240 Å². The minimum absolute atomic E-state index is 0.862. The lowest BCUT2D eigenvalue weighted by Crippen LogP contribution is -2.11. The van der Waals surface area contributed by atoms with Gasteiger partial charge in [-0.15, -0.1) is 11.3 Å². The van der Waals surface area contributed by atoms with E-state index in [1.807, 2.05) is 11.3 Å². The third-order valence-corrected chi connectivity index (χ3v) is 14.7. The van der Waals surface area contributed by atoms with Crippen molar-refractivity contribution in [2.75, 3.05) is 4.90 Å². The molecule has 66 heavy (non-hydrogen) atoms. The van der Waals surface area contributed by atoms with Crippen LogP contribution in [0.3, 0.4) is 0 Å². The van der Waals surface area contributed by atoms with Crippen LogP contribution in [0, 0.1) is 0 Å². The number of aromatic nitrogens is 1. The van der Waals surface area contributed by atoms with Crippen LogP contribution in [-0.4, -0.2) is 4.57 Å². The predicted molar refractivity (Wildman–Crippen MR) is 282 cm³/mol. The number of furan rings is 1. The fourth-order valence-corrected chi connectivity index (χ4v) is 11.7. The maximum absolute atomic E-state index is 6.97. The first-order valence-corrected chi connectivity index (χ1v) is 23.3. The standard InChI is InChI=1S/C62H38N2OS/c1-2-19-44-41(16-1)36-58(46-21-4-3-20-45(44)46)63(42-18-15-17-39(34-42)40-32-33-61-52(35-40)51-26-9-14-31-60(51)66-61)43-37-53(62-54(38-43)50-25-8-13-30-59(50)65-62)49-24-7-12-29-57(49)64-55-27-10-5-22-47(55)48-23-6-11-28-56(48)64/h1-38H. The first kappa shape index (κ1) is 37.0. The first-order chi connectivity index (χ1) is 32.7. The van der Waals surface area contributed by atoms with Gasteiger partial charge in [-0.25, -0.2) is 0 Å². The number of anilines is 3. The van der Waals surface area contributed by atoms with E-state index in [1.54, 1.807) is 0 Å². The van der Waals surface area contributed by atoms with E-state index in [1.165, 1.54) is 58.1 Å². The van der Waals surface area contributed by atoms with Gasteiger partial charge in [0.2, 0.25) is 0 Å². The zero-order valence-corrected chi connectivity index (χ0v) is 36.5. The normalized spacial score (nSPS) is 11.9. The molecule has 0 fully saturated rings. The highest BCUT2D eigenvalue weighted by Gasteiger charge is 2.24. The van der Waals surface area contributed by atoms with E-state index >= 15 is 0 Å². The van der Waals surface area contributed by atoms with E-state index in [0.717, 1.165) is 72.4 Å². The predicted octanol–water partition coefficient (Wildman–Crippen LogP) is 18.2. The van der Waals surface area contributed by atoms with Crippen molar-refractivity contribution < 1.29 is 4.42 Å². The molecule has 0 N–H and O–H groups in total. The molecule has 11 aromatic carbocycles. The zero-order chi connectivity index (χ0) is 43.3. The van der Waals surface area contributed by atoms with Gasteiger partial charge in [-0.1, -0.05) is 158 Å². The molecule has 3 nitrogen and oxygen atoms in total. The monoisotopic (exact) mass is 858 g/mol. The number of hydrogen-bond donors (Lipinski definition) is 0. The maximum Gasteiger partial charge on any atom is 0.143 e. The summed E-state index contributed by atoms with van der Waals surface area (Å²) in [6.07, 6.45) is 0. The molecule has 0 aliphatic carbocycles. The topological polar surface area (TPSA) is 21.3 Å². The van der Waals surface area contributed by atoms with Crippen molar-refractivity contribution >= 4 is 114 Å². The third-order valence-electron chi connectivity index (χ3n) is 13.5. The molecular formula is C62H38N2OS. The molecule has 0 aliphatic heterocycles. The van der Waals surface area contributed by atoms with Gasteiger partial charge in [-0.3, -0.25) is 0 Å². The smallest absolute Gasteiger partial charge is 0.143 e. The molecule has 0 saturated heterocycles. The van der Waals surface area contributed by atoms with Crippen LogP contribution in [0.5, 0.6) is 0 Å². The van der Waals surface area contributed by atoms with Crippen molar-refractivity contribution in [2.45, 2.75) is 0 Å². The van der Waals surface area contributed by atoms with Crippen LogP contribution in [0.25, 0.3) is 113 Å². The summed E-state index contributed by atoms with van der Waals surface area (Å²) in [4.78, 5) is 2.48. The molecule has 0 radical (unpaired) electrons. The summed E-state index contributed by atoms with van der Waals surface area (Å²) >= 11 is 1.86. The average Bonchev–Trinajstić information content (AvgIpc) is 4.06. The summed E-state index contributed by atoms with van der Waals surface area (Å²) in [6.45, 7) is 0. The second kappa shape index (κ2) is 14.5. The molecule has 0 aliphatic rings. The SMILES string of the molecule is c1cc(-c2ccc3sc4ccccc4c3c2)cc(N(c2cc(-c3ccccc3-n3c4ccccc4c4ccccc43)c3oc4ccccc4c3c2)c2cc3ccccc3c3ccccc23)c1. The number of nitrogens with zero attached hydrogens (tertiary/aromatic N) is 2. The Morgan fingerprint density at radius 2 is 1.00 bits per heavy atom. The first-order valence-electron chi connectivity index (χ1n) is 22.5. The summed E-state index contributed by atoms with van der Waals surface area (Å²) in [5.41, 5.74) is 12.8. The Hall–Kier alpha value is -8.44. The number of benzene rings is 11. The second-order valence-electron chi connectivity index (χ2n) is 17.2. The van der Waals surface area contributed by atoms with E-state index in [-0.39, 0.29) is 0 Å². The summed E-state index contributed by atoms with van der Waals surface area (Å²) in [5.74, 6) is 0. The minimum Gasteiger partial charge on any atom is -0.455 e. The third kappa shape index (κ3) is 5.62. The molecule has 0 amide bonds. The van der Waals surface area contributed by atoms with Gasteiger partial charge in [0.05, 0.1) is 22.4 Å². The van der Waals surface area contributed by atoms with Gasteiger partial charge in [-0.05, 0) is 100 Å². The number of para-hydroxylation sites is 4. The Kier molecular flexibility index (Phi) is 8.15. The zero-order valence-electron chi connectivity index (χ0n) is 35.7. The number of fused-ring (bicyclic) bond motifs is 12. The van der Waals surface area contributed by atoms with Crippen molar-refractivity contribution in [3.8, 4) is 27.9 Å². The molecule has 0 bridgehead atoms. The highest BCUT2D eigenvalue weighted by atomic mass is 32.1. The molecule has 0 unspecified atom stereocenters. The molecule has 0 saturated carbocycles. The van der Waals surface area contributed by atoms with Gasteiger partial charge >= 0.3 is 0 Å². The van der Waals surface area contributed by atoms with E-state index in [0.29, 0.717) is 0 Å². The average molecular weight is 859 g/mol. The lowest BCUT2D eigenvalue weighted by Gasteiger charge is -2.29. The van der Waals surface area contributed by atoms with Crippen molar-refractivity contribution in [1.29, 1.82) is 0 Å². The molecule has 14 rings (SSSR count). The molecule has 14 aromatic rings. The molecule has 0 atom stereocenters. The highest BCUT2D eigenvalue weighted by Crippen LogP contribution is 2.48. The molecule has 308 valence electrons. The lowest BCUT2D eigenvalue weighted by molar-refractivity contribution is 0.670. The molecule has 4 heteroatoms. The van der Waals surface area contributed by atoms with E-state index < -0.39 is 0 Å². The summed E-state index contributed by atoms with van der Waals surface area (Å²) in [7, 11) is 0. The van der Waals surface area contributed by atoms with E-state index in [9.17, 15) is 0 Å². The van der Waals surface area contributed by atoms with Crippen molar-refractivity contribution in [2.24, 2.45) is 0 Å². The van der Waals surface area contributed by atoms with Gasteiger partial charge in [0.25, 0.3) is 0 Å². The van der Waals surface area contributed by atoms with Gasteiger partial charge in [-0.2, -0.15) is 0 Å². The van der Waals surface area contributed by atoms with E-state index in [4.69, 9.17) is 4.42 Å². The maximum atomic E-state index is 6.97. The Labute approximate surface area is 384 Å². The van der Waals surface area contributed by atoms with Crippen molar-refractivity contribution in [1.82, 2.24) is 4.57 Å². The Morgan fingerprint density at radius 3 is 1.83 bits per heavy atom. The molecular weight excluding hydrogens is 821 g/mol. The lowest BCUT2D eigenvalue weighted by atomic mass is 9.96. The quantitative estimate of drug-likeness (QED) is 0.155. The van der Waals surface area contributed by atoms with Crippen LogP contribution in [-0.2, 0) is 0 Å². The van der Waals surface area contributed by atoms with Crippen molar-refractivity contribution in [3.05, 3.63) is 231 Å². The molecule has 0 spiro atoms. The number of thiophene rings is 1. The summed E-state index contributed by atoms with van der Waals surface area (Å²) in [6, 6.07) is 84.2. The van der Waals surface area contributed by atoms with Gasteiger partial charge in [0.1, 0.15) is 11.2 Å². The van der Waals surface area contributed by atoms with Crippen LogP contribution >= 0.6 is 11.3 Å². The van der Waals surface area contributed by atoms with Gasteiger partial charge < -0.3 is 13.9 Å². The summed E-state index contributed by atoms with van der Waals surface area (Å²) in [5, 5.41) is 12.0. The molecule has 3 aromatic heterocycles. The Balaban J connectivity index is 1.07. The van der Waals surface area contributed by atoms with Crippen LogP contribution in [0.15, 0.2) is 235 Å². The van der Waals surface area contributed by atoms with Gasteiger partial charge in [0, 0.05) is 69.6 Å². The summed E-state index contributed by atoms with van der Waals surface area (Å²) < 4.78 is 12.0. The fraction of sp³-hybridized carbons (Fsp3) is 0. The van der Waals surface area contributed by atoms with Crippen LogP contribution in [0.2, 0.25) is 0 Å². The van der Waals surface area contributed by atoms with Crippen LogP contribution in [0.1, 0.15) is 0 Å². The number of rotatable bonds is 6. The minimum atomic E-state index is 0.862. The number of hydrogen-bond acceptors (Lipinski definition) is 3. The largest absolute Gasteiger partial charge is 0.455 e. The highest BCUT2D eigenvalue weighted by molar-refractivity contribution is 7.25. The Morgan fingerprint density at radius 1 is 0.364 bits per heavy atom.